The van der Waals surface area contributed by atoms with E-state index in [9.17, 15) is 14.7 Å². The van der Waals surface area contributed by atoms with Gasteiger partial charge in [-0.05, 0) is 23.1 Å². The number of hydrogen-bond donors (Lipinski definition) is 3. The molecule has 1 aromatic rings. The highest BCUT2D eigenvalue weighted by atomic mass is 16.3. The lowest BCUT2D eigenvalue weighted by atomic mass is 9.85. The first-order valence-electron chi connectivity index (χ1n) is 7.08. The highest BCUT2D eigenvalue weighted by Gasteiger charge is 2.17. The zero-order chi connectivity index (χ0) is 17.6. The molecule has 0 aliphatic rings. The molecule has 1 rings (SSSR count). The summed E-state index contributed by atoms with van der Waals surface area (Å²) < 4.78 is 0. The first-order valence-corrected chi connectivity index (χ1v) is 7.08. The van der Waals surface area contributed by atoms with Crippen molar-refractivity contribution >= 4 is 24.2 Å². The van der Waals surface area contributed by atoms with Crippen LogP contribution in [0.3, 0.4) is 0 Å². The lowest BCUT2D eigenvalue weighted by Crippen LogP contribution is -2.15. The SMILES string of the molecule is CC(=O)NN=Cc1cc(C(C)(C)C)cc(/C=N/NC(C)=O)c1O. The third-order valence-electron chi connectivity index (χ3n) is 2.89. The largest absolute Gasteiger partial charge is 0.507 e. The topological polar surface area (TPSA) is 103 Å². The summed E-state index contributed by atoms with van der Waals surface area (Å²) in [4.78, 5) is 21.7. The number of hydrazone groups is 2. The van der Waals surface area contributed by atoms with E-state index in [1.54, 1.807) is 12.1 Å². The van der Waals surface area contributed by atoms with Crippen LogP contribution in [0, 0.1) is 0 Å². The molecule has 7 nitrogen and oxygen atoms in total. The van der Waals surface area contributed by atoms with Crippen LogP contribution in [-0.4, -0.2) is 29.4 Å². The van der Waals surface area contributed by atoms with Crippen LogP contribution in [0.1, 0.15) is 51.3 Å². The molecule has 124 valence electrons. The molecule has 2 amide bonds. The smallest absolute Gasteiger partial charge is 0.236 e. The Morgan fingerprint density at radius 3 is 1.70 bits per heavy atom. The van der Waals surface area contributed by atoms with Crippen LogP contribution in [0.15, 0.2) is 22.3 Å². The van der Waals surface area contributed by atoms with Gasteiger partial charge in [0.2, 0.25) is 11.8 Å². The Hall–Kier alpha value is -2.70. The van der Waals surface area contributed by atoms with E-state index < -0.39 is 0 Å². The second-order valence-electron chi connectivity index (χ2n) is 6.11. The van der Waals surface area contributed by atoms with Crippen LogP contribution >= 0.6 is 0 Å². The Labute approximate surface area is 135 Å². The number of nitrogens with zero attached hydrogens (tertiary/aromatic N) is 2. The van der Waals surface area contributed by atoms with Crippen molar-refractivity contribution in [3.05, 3.63) is 28.8 Å². The summed E-state index contributed by atoms with van der Waals surface area (Å²) in [6.07, 6.45) is 2.73. The van der Waals surface area contributed by atoms with Gasteiger partial charge in [-0.2, -0.15) is 10.2 Å². The van der Waals surface area contributed by atoms with Gasteiger partial charge in [-0.15, -0.1) is 0 Å². The standard InChI is InChI=1S/C16H22N4O3/c1-10(21)19-17-8-12-6-14(16(3,4)5)7-13(15(12)23)9-18-20-11(2)22/h6-9,23H,1-5H3,(H,19,21)(H,20,22)/b17-8+,18-9?. The van der Waals surface area contributed by atoms with Gasteiger partial charge in [0.05, 0.1) is 12.4 Å². The zero-order valence-electron chi connectivity index (χ0n) is 14.0. The molecule has 0 saturated heterocycles. The summed E-state index contributed by atoms with van der Waals surface area (Å²) in [5.74, 6) is -0.651. The molecular weight excluding hydrogens is 296 g/mol. The van der Waals surface area contributed by atoms with Crippen molar-refractivity contribution in [2.24, 2.45) is 10.2 Å². The van der Waals surface area contributed by atoms with Gasteiger partial charge in [-0.3, -0.25) is 9.59 Å². The molecule has 3 N–H and O–H groups in total. The summed E-state index contributed by atoms with van der Waals surface area (Å²) in [5.41, 5.74) is 6.23. The van der Waals surface area contributed by atoms with Crippen molar-refractivity contribution in [1.29, 1.82) is 0 Å². The molecule has 0 spiro atoms. The summed E-state index contributed by atoms with van der Waals surface area (Å²) >= 11 is 0. The Morgan fingerprint density at radius 1 is 1.00 bits per heavy atom. The number of rotatable bonds is 4. The van der Waals surface area contributed by atoms with Gasteiger partial charge in [0.15, 0.2) is 0 Å². The lowest BCUT2D eigenvalue weighted by Gasteiger charge is -2.21. The predicted octanol–water partition coefficient (Wildman–Crippen LogP) is 1.63. The van der Waals surface area contributed by atoms with Gasteiger partial charge in [-0.25, -0.2) is 10.9 Å². The fraction of sp³-hybridized carbons (Fsp3) is 0.375. The number of aromatic hydroxyl groups is 1. The minimum atomic E-state index is -0.305. The van der Waals surface area contributed by atoms with Gasteiger partial charge in [0, 0.05) is 25.0 Å². The molecule has 0 atom stereocenters. The highest BCUT2D eigenvalue weighted by molar-refractivity contribution is 5.93. The molecule has 0 aromatic heterocycles. The van der Waals surface area contributed by atoms with Crippen LogP contribution < -0.4 is 10.9 Å². The Kier molecular flexibility index (Phi) is 6.01. The van der Waals surface area contributed by atoms with Gasteiger partial charge in [0.25, 0.3) is 0 Å². The third kappa shape index (κ3) is 5.90. The number of carbonyl (C=O) groups excluding carboxylic acids is 2. The second-order valence-corrected chi connectivity index (χ2v) is 6.11. The van der Waals surface area contributed by atoms with E-state index >= 15 is 0 Å². The monoisotopic (exact) mass is 318 g/mol. The molecule has 0 aliphatic carbocycles. The summed E-state index contributed by atoms with van der Waals surface area (Å²) in [5, 5.41) is 17.9. The van der Waals surface area contributed by atoms with Gasteiger partial charge < -0.3 is 5.11 Å². The number of amides is 2. The predicted molar refractivity (Wildman–Crippen MR) is 89.6 cm³/mol. The number of hydrogen-bond acceptors (Lipinski definition) is 5. The molecule has 0 aliphatic heterocycles. The molecule has 0 heterocycles. The van der Waals surface area contributed by atoms with Crippen LogP contribution in [-0.2, 0) is 15.0 Å². The van der Waals surface area contributed by atoms with Gasteiger partial charge >= 0.3 is 0 Å². The minimum Gasteiger partial charge on any atom is -0.507 e. The molecular formula is C16H22N4O3. The first kappa shape index (κ1) is 18.3. The number of benzene rings is 1. The van der Waals surface area contributed by atoms with E-state index in [2.05, 4.69) is 21.1 Å². The molecule has 0 saturated carbocycles. The summed E-state index contributed by atoms with van der Waals surface area (Å²) in [6, 6.07) is 3.58. The van der Waals surface area contributed by atoms with E-state index in [0.29, 0.717) is 11.1 Å². The molecule has 1 aromatic carbocycles. The molecule has 0 fully saturated rings. The van der Waals surface area contributed by atoms with E-state index in [-0.39, 0.29) is 23.0 Å². The summed E-state index contributed by atoms with van der Waals surface area (Å²) in [6.45, 7) is 8.77. The number of phenolic OH excluding ortho intramolecular Hbond substituents is 1. The van der Waals surface area contributed by atoms with Crippen molar-refractivity contribution in [3.63, 3.8) is 0 Å². The quantitative estimate of drug-likeness (QED) is 0.580. The average molecular weight is 318 g/mol. The van der Waals surface area contributed by atoms with Gasteiger partial charge in [-0.1, -0.05) is 20.8 Å². The summed E-state index contributed by atoms with van der Waals surface area (Å²) in [7, 11) is 0. The van der Waals surface area contributed by atoms with E-state index in [1.807, 2.05) is 20.8 Å². The average Bonchev–Trinajstić information content (AvgIpc) is 2.40. The van der Waals surface area contributed by atoms with Crippen molar-refractivity contribution in [2.45, 2.75) is 40.0 Å². The molecule has 7 heteroatoms. The van der Waals surface area contributed by atoms with Crippen LogP contribution in [0.25, 0.3) is 0 Å². The Balaban J connectivity index is 3.28. The lowest BCUT2D eigenvalue weighted by molar-refractivity contribution is -0.119. The van der Waals surface area contributed by atoms with E-state index in [4.69, 9.17) is 0 Å². The fourth-order valence-electron chi connectivity index (χ4n) is 1.70. The van der Waals surface area contributed by atoms with Crippen molar-refractivity contribution in [1.82, 2.24) is 10.9 Å². The van der Waals surface area contributed by atoms with E-state index in [1.165, 1.54) is 26.3 Å². The van der Waals surface area contributed by atoms with Crippen molar-refractivity contribution in [2.75, 3.05) is 0 Å². The van der Waals surface area contributed by atoms with Crippen LogP contribution in [0.2, 0.25) is 0 Å². The van der Waals surface area contributed by atoms with E-state index in [0.717, 1.165) is 5.56 Å². The maximum Gasteiger partial charge on any atom is 0.236 e. The zero-order valence-corrected chi connectivity index (χ0v) is 14.0. The molecule has 0 radical (unpaired) electrons. The van der Waals surface area contributed by atoms with Crippen molar-refractivity contribution < 1.29 is 14.7 Å². The molecule has 23 heavy (non-hydrogen) atoms. The minimum absolute atomic E-state index is 0.0406. The van der Waals surface area contributed by atoms with Crippen LogP contribution in [0.4, 0.5) is 0 Å². The first-order chi connectivity index (χ1) is 10.6. The molecule has 0 bridgehead atoms. The number of carbonyl (C=O) groups is 2. The van der Waals surface area contributed by atoms with Gasteiger partial charge in [0.1, 0.15) is 5.75 Å². The Morgan fingerprint density at radius 2 is 1.39 bits per heavy atom. The Bertz CT molecular complexity index is 611. The highest BCUT2D eigenvalue weighted by Crippen LogP contribution is 2.29. The van der Waals surface area contributed by atoms with Crippen LogP contribution in [0.5, 0.6) is 5.75 Å². The van der Waals surface area contributed by atoms with Crippen molar-refractivity contribution in [3.8, 4) is 5.75 Å². The number of phenols is 1. The molecule has 0 unspecified atom stereocenters. The maximum absolute atomic E-state index is 10.9. The number of nitrogens with one attached hydrogen (secondary N) is 2. The second kappa shape index (κ2) is 7.53. The fourth-order valence-corrected chi connectivity index (χ4v) is 1.70. The maximum atomic E-state index is 10.9. The third-order valence-corrected chi connectivity index (χ3v) is 2.89. The normalized spacial score (nSPS) is 11.9.